The van der Waals surface area contributed by atoms with Crippen molar-refractivity contribution in [3.05, 3.63) is 35.9 Å². The Hall–Kier alpha value is -0.940. The third kappa shape index (κ3) is 5.21. The highest BCUT2D eigenvalue weighted by Gasteiger charge is 2.29. The van der Waals surface area contributed by atoms with Crippen LogP contribution in [-0.2, 0) is 15.0 Å². The van der Waals surface area contributed by atoms with Crippen molar-refractivity contribution in [2.45, 2.75) is 19.4 Å². The summed E-state index contributed by atoms with van der Waals surface area (Å²) in [5.41, 5.74) is 0.465. The maximum absolute atomic E-state index is 9.73. The molecule has 2 N–H and O–H groups in total. The molecule has 114 valence electrons. The van der Waals surface area contributed by atoms with Gasteiger partial charge in [0.1, 0.15) is 0 Å². The fourth-order valence-electron chi connectivity index (χ4n) is 1.96. The van der Waals surface area contributed by atoms with Gasteiger partial charge in [0.05, 0.1) is 32.0 Å². The van der Waals surface area contributed by atoms with E-state index >= 15 is 0 Å². The van der Waals surface area contributed by atoms with E-state index in [1.54, 1.807) is 0 Å². The van der Waals surface area contributed by atoms with Gasteiger partial charge in [-0.3, -0.25) is 0 Å². The number of hydrogen-bond acceptors (Lipinski definition) is 4. The lowest BCUT2D eigenvalue weighted by Crippen LogP contribution is -2.47. The van der Waals surface area contributed by atoms with Crippen LogP contribution in [0.1, 0.15) is 19.4 Å². The lowest BCUT2D eigenvalue weighted by atomic mass is 9.92. The topological polar surface area (TPSA) is 50.7 Å². The average Bonchev–Trinajstić information content (AvgIpc) is 2.48. The molecular formula is C16H27NO3. The number of nitrogens with one attached hydrogen (secondary N) is 1. The molecule has 1 atom stereocenters. The van der Waals surface area contributed by atoms with Crippen molar-refractivity contribution < 1.29 is 14.6 Å². The fraction of sp³-hybridized carbons (Fsp3) is 0.625. The summed E-state index contributed by atoms with van der Waals surface area (Å²) in [6.45, 7) is 6.50. The number of aliphatic hydroxyl groups excluding tert-OH is 1. The molecule has 4 nitrogen and oxygen atoms in total. The van der Waals surface area contributed by atoms with Gasteiger partial charge in [-0.25, -0.2) is 0 Å². The largest absolute Gasteiger partial charge is 0.394 e. The van der Waals surface area contributed by atoms with Crippen LogP contribution in [0.5, 0.6) is 0 Å². The summed E-state index contributed by atoms with van der Waals surface area (Å²) in [4.78, 5) is 0. The minimum atomic E-state index is -0.556. The Balaban J connectivity index is 2.44. The van der Waals surface area contributed by atoms with Crippen molar-refractivity contribution in [3.8, 4) is 0 Å². The second-order valence-electron chi connectivity index (χ2n) is 5.38. The lowest BCUT2D eigenvalue weighted by molar-refractivity contribution is -0.000639. The van der Waals surface area contributed by atoms with Crippen LogP contribution in [0.4, 0.5) is 0 Å². The van der Waals surface area contributed by atoms with E-state index in [0.29, 0.717) is 25.7 Å². The highest BCUT2D eigenvalue weighted by Crippen LogP contribution is 2.20. The molecule has 0 amide bonds. The minimum absolute atomic E-state index is 0.0135. The van der Waals surface area contributed by atoms with Crippen molar-refractivity contribution in [1.29, 1.82) is 0 Å². The molecule has 1 aromatic carbocycles. The number of aliphatic hydroxyl groups is 1. The Kier molecular flexibility index (Phi) is 7.77. The number of benzene rings is 1. The average molecular weight is 281 g/mol. The van der Waals surface area contributed by atoms with Crippen LogP contribution in [0.2, 0.25) is 0 Å². The van der Waals surface area contributed by atoms with Gasteiger partial charge in [-0.1, -0.05) is 44.2 Å². The molecule has 1 aromatic rings. The number of ether oxygens (including phenoxy) is 2. The van der Waals surface area contributed by atoms with Crippen LogP contribution >= 0.6 is 0 Å². The summed E-state index contributed by atoms with van der Waals surface area (Å²) in [7, 11) is 1.84. The first-order valence-electron chi connectivity index (χ1n) is 7.15. The molecule has 0 radical (unpaired) electrons. The van der Waals surface area contributed by atoms with Crippen molar-refractivity contribution in [2.75, 3.05) is 40.1 Å². The van der Waals surface area contributed by atoms with E-state index in [4.69, 9.17) is 9.47 Å². The van der Waals surface area contributed by atoms with Crippen molar-refractivity contribution in [2.24, 2.45) is 5.92 Å². The zero-order valence-corrected chi connectivity index (χ0v) is 12.8. The van der Waals surface area contributed by atoms with Crippen LogP contribution < -0.4 is 5.32 Å². The Morgan fingerprint density at radius 3 is 2.35 bits per heavy atom. The van der Waals surface area contributed by atoms with E-state index in [9.17, 15) is 5.11 Å². The smallest absolute Gasteiger partial charge is 0.0903 e. The zero-order chi connectivity index (χ0) is 14.8. The molecule has 0 saturated carbocycles. The summed E-state index contributed by atoms with van der Waals surface area (Å²) in [6, 6.07) is 9.87. The molecule has 0 spiro atoms. The third-order valence-corrected chi connectivity index (χ3v) is 3.25. The second-order valence-corrected chi connectivity index (χ2v) is 5.38. The summed E-state index contributed by atoms with van der Waals surface area (Å²) >= 11 is 0. The van der Waals surface area contributed by atoms with E-state index in [1.807, 2.05) is 37.4 Å². The van der Waals surface area contributed by atoms with Crippen LogP contribution in [0.25, 0.3) is 0 Å². The molecule has 1 rings (SSSR count). The Labute approximate surface area is 122 Å². The van der Waals surface area contributed by atoms with Crippen LogP contribution in [0.3, 0.4) is 0 Å². The molecule has 0 saturated heterocycles. The molecular weight excluding hydrogens is 254 g/mol. The van der Waals surface area contributed by atoms with Gasteiger partial charge >= 0.3 is 0 Å². The quantitative estimate of drug-likeness (QED) is 0.642. The fourth-order valence-corrected chi connectivity index (χ4v) is 1.96. The van der Waals surface area contributed by atoms with E-state index in [-0.39, 0.29) is 6.61 Å². The van der Waals surface area contributed by atoms with Gasteiger partial charge in [0.2, 0.25) is 0 Å². The second kappa shape index (κ2) is 9.08. The van der Waals surface area contributed by atoms with Gasteiger partial charge in [0.25, 0.3) is 0 Å². The summed E-state index contributed by atoms with van der Waals surface area (Å²) in [5.74, 6) is 0.535. The number of likely N-dealkylation sites (N-methyl/N-ethyl adjacent to an activating group) is 1. The van der Waals surface area contributed by atoms with Gasteiger partial charge in [-0.05, 0) is 18.5 Å². The predicted molar refractivity (Wildman–Crippen MR) is 80.7 cm³/mol. The molecule has 4 heteroatoms. The lowest BCUT2D eigenvalue weighted by Gasteiger charge is -2.32. The first-order valence-corrected chi connectivity index (χ1v) is 7.15. The maximum Gasteiger partial charge on any atom is 0.0903 e. The van der Waals surface area contributed by atoms with Crippen molar-refractivity contribution in [1.82, 2.24) is 5.32 Å². The van der Waals surface area contributed by atoms with Gasteiger partial charge in [0, 0.05) is 6.61 Å². The van der Waals surface area contributed by atoms with E-state index in [0.717, 1.165) is 12.2 Å². The Bertz CT molecular complexity index is 350. The van der Waals surface area contributed by atoms with Crippen molar-refractivity contribution in [3.63, 3.8) is 0 Å². The van der Waals surface area contributed by atoms with Gasteiger partial charge in [-0.2, -0.15) is 0 Å². The zero-order valence-electron chi connectivity index (χ0n) is 12.8. The van der Waals surface area contributed by atoms with Crippen molar-refractivity contribution >= 4 is 0 Å². The summed E-state index contributed by atoms with van der Waals surface area (Å²) < 4.78 is 11.1. The summed E-state index contributed by atoms with van der Waals surface area (Å²) in [6.07, 6.45) is 0. The molecule has 1 unspecified atom stereocenters. The van der Waals surface area contributed by atoms with E-state index in [1.165, 1.54) is 0 Å². The maximum atomic E-state index is 9.73. The minimum Gasteiger partial charge on any atom is -0.394 e. The monoisotopic (exact) mass is 281 g/mol. The van der Waals surface area contributed by atoms with Gasteiger partial charge in [0.15, 0.2) is 0 Å². The third-order valence-electron chi connectivity index (χ3n) is 3.25. The molecule has 0 aliphatic carbocycles. The van der Waals surface area contributed by atoms with Gasteiger partial charge < -0.3 is 19.9 Å². The first kappa shape index (κ1) is 17.1. The molecule has 0 fully saturated rings. The molecule has 0 aromatic heterocycles. The Morgan fingerprint density at radius 2 is 1.80 bits per heavy atom. The first-order chi connectivity index (χ1) is 9.64. The van der Waals surface area contributed by atoms with Crippen LogP contribution in [0, 0.1) is 5.92 Å². The SMILES string of the molecule is CNC(CO)(COCCOCC(C)C)c1ccccc1. The summed E-state index contributed by atoms with van der Waals surface area (Å²) in [5, 5.41) is 12.9. The predicted octanol–water partition coefficient (Wildman–Crippen LogP) is 1.78. The number of rotatable bonds is 10. The van der Waals surface area contributed by atoms with E-state index in [2.05, 4.69) is 19.2 Å². The highest BCUT2D eigenvalue weighted by atomic mass is 16.5. The molecule has 0 aliphatic heterocycles. The molecule has 0 aliphatic rings. The standard InChI is InChI=1S/C16H27NO3/c1-14(2)11-19-9-10-20-13-16(12-18,17-3)15-7-5-4-6-8-15/h4-8,14,17-18H,9-13H2,1-3H3. The Morgan fingerprint density at radius 1 is 1.15 bits per heavy atom. The van der Waals surface area contributed by atoms with E-state index < -0.39 is 5.54 Å². The normalized spacial score (nSPS) is 14.4. The van der Waals surface area contributed by atoms with Crippen LogP contribution in [0.15, 0.2) is 30.3 Å². The molecule has 0 heterocycles. The van der Waals surface area contributed by atoms with Crippen LogP contribution in [-0.4, -0.2) is 45.2 Å². The highest BCUT2D eigenvalue weighted by molar-refractivity contribution is 5.24. The molecule has 20 heavy (non-hydrogen) atoms. The van der Waals surface area contributed by atoms with Gasteiger partial charge in [-0.15, -0.1) is 0 Å². The molecule has 0 bridgehead atoms. The number of hydrogen-bond donors (Lipinski definition) is 2.